The molecule has 0 aliphatic carbocycles. The van der Waals surface area contributed by atoms with E-state index in [1.165, 1.54) is 19.2 Å². The van der Waals surface area contributed by atoms with Gasteiger partial charge in [0.2, 0.25) is 0 Å². The SMILES string of the molecule is COc1ccc(C2OCC(CCl)O2)cc1OC(F)F. The number of rotatable bonds is 5. The molecule has 0 saturated carbocycles. The Morgan fingerprint density at radius 1 is 1.42 bits per heavy atom. The fraction of sp³-hybridized carbons (Fsp3) is 0.500. The zero-order chi connectivity index (χ0) is 13.8. The van der Waals surface area contributed by atoms with Crippen molar-refractivity contribution in [3.63, 3.8) is 0 Å². The number of halogens is 3. The van der Waals surface area contributed by atoms with Crippen LogP contribution in [0.15, 0.2) is 18.2 Å². The van der Waals surface area contributed by atoms with E-state index >= 15 is 0 Å². The molecule has 2 unspecified atom stereocenters. The van der Waals surface area contributed by atoms with E-state index in [0.717, 1.165) is 0 Å². The molecule has 1 saturated heterocycles. The van der Waals surface area contributed by atoms with Crippen LogP contribution >= 0.6 is 11.6 Å². The summed E-state index contributed by atoms with van der Waals surface area (Å²) in [5.41, 5.74) is 0.573. The predicted molar refractivity (Wildman–Crippen MR) is 63.9 cm³/mol. The Morgan fingerprint density at radius 3 is 2.79 bits per heavy atom. The summed E-state index contributed by atoms with van der Waals surface area (Å²) in [6, 6.07) is 4.60. The predicted octanol–water partition coefficient (Wildman–Crippen LogP) is 2.95. The summed E-state index contributed by atoms with van der Waals surface area (Å²) in [4.78, 5) is 0. The van der Waals surface area contributed by atoms with Gasteiger partial charge in [0.1, 0.15) is 0 Å². The van der Waals surface area contributed by atoms with Gasteiger partial charge < -0.3 is 18.9 Å². The summed E-state index contributed by atoms with van der Waals surface area (Å²) < 4.78 is 44.8. The van der Waals surface area contributed by atoms with Gasteiger partial charge in [-0.3, -0.25) is 0 Å². The zero-order valence-corrected chi connectivity index (χ0v) is 10.9. The number of hydrogen-bond acceptors (Lipinski definition) is 4. The molecule has 2 rings (SSSR count). The van der Waals surface area contributed by atoms with Crippen molar-refractivity contribution in [3.05, 3.63) is 23.8 Å². The van der Waals surface area contributed by atoms with Crippen LogP contribution < -0.4 is 9.47 Å². The lowest BCUT2D eigenvalue weighted by Crippen LogP contribution is -2.11. The second-order valence-corrected chi connectivity index (χ2v) is 4.18. The number of benzene rings is 1. The molecule has 0 aromatic heterocycles. The van der Waals surface area contributed by atoms with E-state index in [9.17, 15) is 8.78 Å². The van der Waals surface area contributed by atoms with Gasteiger partial charge in [0.25, 0.3) is 0 Å². The molecule has 1 aromatic rings. The smallest absolute Gasteiger partial charge is 0.387 e. The number of alkyl halides is 3. The Balaban J connectivity index is 2.18. The Morgan fingerprint density at radius 2 is 2.21 bits per heavy atom. The summed E-state index contributed by atoms with van der Waals surface area (Å²) in [7, 11) is 1.37. The zero-order valence-electron chi connectivity index (χ0n) is 10.1. The molecule has 0 radical (unpaired) electrons. The molecule has 0 amide bonds. The number of hydrogen-bond donors (Lipinski definition) is 0. The van der Waals surface area contributed by atoms with E-state index in [2.05, 4.69) is 4.74 Å². The minimum Gasteiger partial charge on any atom is -0.493 e. The second kappa shape index (κ2) is 6.36. The van der Waals surface area contributed by atoms with Crippen LogP contribution in [0, 0.1) is 0 Å². The highest BCUT2D eigenvalue weighted by atomic mass is 35.5. The summed E-state index contributed by atoms with van der Waals surface area (Å²) in [6.07, 6.45) is -0.831. The van der Waals surface area contributed by atoms with Crippen LogP contribution in [0.5, 0.6) is 11.5 Å². The van der Waals surface area contributed by atoms with Crippen LogP contribution in [0.3, 0.4) is 0 Å². The normalized spacial score (nSPS) is 22.8. The standard InChI is InChI=1S/C12H13ClF2O4/c1-16-9-3-2-7(4-10(9)19-12(14)15)11-17-6-8(5-13)18-11/h2-4,8,11-12H,5-6H2,1H3. The molecule has 1 aliphatic heterocycles. The lowest BCUT2D eigenvalue weighted by atomic mass is 10.2. The molecule has 0 N–H and O–H groups in total. The monoisotopic (exact) mass is 294 g/mol. The Labute approximate surface area is 114 Å². The maximum Gasteiger partial charge on any atom is 0.387 e. The first-order chi connectivity index (χ1) is 9.13. The molecule has 2 atom stereocenters. The average molecular weight is 295 g/mol. The molecule has 7 heteroatoms. The largest absolute Gasteiger partial charge is 0.493 e. The van der Waals surface area contributed by atoms with Crippen molar-refractivity contribution in [1.29, 1.82) is 0 Å². The lowest BCUT2D eigenvalue weighted by Gasteiger charge is -2.14. The summed E-state index contributed by atoms with van der Waals surface area (Å²) in [5.74, 6) is 0.472. The fourth-order valence-electron chi connectivity index (χ4n) is 1.73. The van der Waals surface area contributed by atoms with Crippen LogP contribution in [-0.4, -0.2) is 32.3 Å². The second-order valence-electron chi connectivity index (χ2n) is 3.87. The van der Waals surface area contributed by atoms with Gasteiger partial charge in [0, 0.05) is 5.56 Å². The number of ether oxygens (including phenoxy) is 4. The van der Waals surface area contributed by atoms with Crippen molar-refractivity contribution in [2.45, 2.75) is 19.0 Å². The highest BCUT2D eigenvalue weighted by Crippen LogP contribution is 2.35. The summed E-state index contributed by atoms with van der Waals surface area (Å²) in [5, 5.41) is 0. The third kappa shape index (κ3) is 3.46. The van der Waals surface area contributed by atoms with Crippen molar-refractivity contribution >= 4 is 11.6 Å². The Kier molecular flexibility index (Phi) is 4.79. The summed E-state index contributed by atoms with van der Waals surface area (Å²) >= 11 is 5.66. The van der Waals surface area contributed by atoms with Crippen LogP contribution in [0.4, 0.5) is 8.78 Å². The first kappa shape index (κ1) is 14.3. The van der Waals surface area contributed by atoms with Crippen LogP contribution in [-0.2, 0) is 9.47 Å². The minimum atomic E-state index is -2.93. The highest BCUT2D eigenvalue weighted by Gasteiger charge is 2.27. The highest BCUT2D eigenvalue weighted by molar-refractivity contribution is 6.18. The van der Waals surface area contributed by atoms with Gasteiger partial charge in [0.15, 0.2) is 17.8 Å². The molecule has 1 heterocycles. The van der Waals surface area contributed by atoms with Crippen molar-refractivity contribution in [3.8, 4) is 11.5 Å². The van der Waals surface area contributed by atoms with E-state index in [1.807, 2.05) is 0 Å². The molecule has 0 bridgehead atoms. The molecule has 1 fully saturated rings. The maximum absolute atomic E-state index is 12.3. The van der Waals surface area contributed by atoms with Gasteiger partial charge >= 0.3 is 6.61 Å². The average Bonchev–Trinajstić information content (AvgIpc) is 2.86. The first-order valence-corrected chi connectivity index (χ1v) is 6.13. The fourth-order valence-corrected chi connectivity index (χ4v) is 1.89. The van der Waals surface area contributed by atoms with Gasteiger partial charge in [-0.25, -0.2) is 0 Å². The topological polar surface area (TPSA) is 36.9 Å². The van der Waals surface area contributed by atoms with Gasteiger partial charge in [0.05, 0.1) is 25.7 Å². The molecular formula is C12H13ClF2O4. The molecule has 106 valence electrons. The Hall–Kier alpha value is -1.11. The van der Waals surface area contributed by atoms with E-state index in [4.69, 9.17) is 25.8 Å². The van der Waals surface area contributed by atoms with Gasteiger partial charge in [-0.1, -0.05) is 6.07 Å². The van der Waals surface area contributed by atoms with Crippen molar-refractivity contribution < 1.29 is 27.7 Å². The van der Waals surface area contributed by atoms with E-state index in [0.29, 0.717) is 18.1 Å². The third-order valence-corrected chi connectivity index (χ3v) is 2.94. The third-order valence-electron chi connectivity index (χ3n) is 2.60. The van der Waals surface area contributed by atoms with E-state index < -0.39 is 12.9 Å². The van der Waals surface area contributed by atoms with E-state index in [-0.39, 0.29) is 17.6 Å². The molecule has 4 nitrogen and oxygen atoms in total. The van der Waals surface area contributed by atoms with Crippen molar-refractivity contribution in [1.82, 2.24) is 0 Å². The van der Waals surface area contributed by atoms with Crippen LogP contribution in [0.2, 0.25) is 0 Å². The molecule has 0 spiro atoms. The van der Waals surface area contributed by atoms with E-state index in [1.54, 1.807) is 6.07 Å². The lowest BCUT2D eigenvalue weighted by molar-refractivity contribution is -0.0602. The quantitative estimate of drug-likeness (QED) is 0.783. The molecule has 1 aliphatic rings. The van der Waals surface area contributed by atoms with Crippen LogP contribution in [0.1, 0.15) is 11.9 Å². The Bertz CT molecular complexity index is 430. The summed E-state index contributed by atoms with van der Waals surface area (Å²) in [6.45, 7) is -2.56. The first-order valence-electron chi connectivity index (χ1n) is 5.59. The molecule has 19 heavy (non-hydrogen) atoms. The minimum absolute atomic E-state index is 0.0588. The van der Waals surface area contributed by atoms with Gasteiger partial charge in [-0.05, 0) is 12.1 Å². The number of methoxy groups -OCH3 is 1. The molecule has 1 aromatic carbocycles. The van der Waals surface area contributed by atoms with Gasteiger partial charge in [-0.2, -0.15) is 8.78 Å². The van der Waals surface area contributed by atoms with Gasteiger partial charge in [-0.15, -0.1) is 11.6 Å². The van der Waals surface area contributed by atoms with Crippen molar-refractivity contribution in [2.24, 2.45) is 0 Å². The molecular weight excluding hydrogens is 282 g/mol. The maximum atomic E-state index is 12.3. The van der Waals surface area contributed by atoms with Crippen LogP contribution in [0.25, 0.3) is 0 Å². The van der Waals surface area contributed by atoms with Crippen molar-refractivity contribution in [2.75, 3.05) is 19.6 Å².